The highest BCUT2D eigenvalue weighted by atomic mass is 14.2. The molecule has 0 heterocycles. The minimum Gasteiger partial charge on any atom is -0.0533 e. The summed E-state index contributed by atoms with van der Waals surface area (Å²) in [5, 5.41) is 0. The van der Waals surface area contributed by atoms with Gasteiger partial charge in [-0.05, 0) is 18.8 Å². The summed E-state index contributed by atoms with van der Waals surface area (Å²) in [5.41, 5.74) is 0. The first-order valence-electron chi connectivity index (χ1n) is 6.56. The van der Waals surface area contributed by atoms with Crippen molar-refractivity contribution >= 4 is 0 Å². The minimum absolute atomic E-state index is 0.956. The monoisotopic (exact) mass is 194 g/mol. The lowest BCUT2D eigenvalue weighted by molar-refractivity contribution is 0.469. The maximum atomic E-state index is 3.88. The van der Waals surface area contributed by atoms with E-state index in [1.165, 1.54) is 64.2 Å². The zero-order valence-electron chi connectivity index (χ0n) is 9.64. The molecule has 0 amide bonds. The number of rotatable bonds is 6. The molecule has 0 spiro atoms. The van der Waals surface area contributed by atoms with Crippen LogP contribution in [0.2, 0.25) is 0 Å². The SMILES string of the molecule is [CH2]CCCCCCC1[CH]CCCCC1. The van der Waals surface area contributed by atoms with Crippen molar-refractivity contribution in [2.75, 3.05) is 0 Å². The van der Waals surface area contributed by atoms with Crippen LogP contribution in [0.15, 0.2) is 0 Å². The Bertz CT molecular complexity index is 109. The van der Waals surface area contributed by atoms with E-state index >= 15 is 0 Å². The molecule has 0 nitrogen and oxygen atoms in total. The fourth-order valence-electron chi connectivity index (χ4n) is 2.40. The molecule has 1 atom stereocenters. The van der Waals surface area contributed by atoms with Crippen LogP contribution in [0.1, 0.15) is 70.6 Å². The number of hydrogen-bond acceptors (Lipinski definition) is 0. The molecule has 0 saturated heterocycles. The molecule has 14 heavy (non-hydrogen) atoms. The van der Waals surface area contributed by atoms with Crippen molar-refractivity contribution in [3.05, 3.63) is 13.3 Å². The van der Waals surface area contributed by atoms with Gasteiger partial charge in [-0.25, -0.2) is 0 Å². The molecule has 0 aromatic heterocycles. The molecule has 82 valence electrons. The van der Waals surface area contributed by atoms with Gasteiger partial charge in [0, 0.05) is 0 Å². The van der Waals surface area contributed by atoms with Gasteiger partial charge in [-0.2, -0.15) is 0 Å². The van der Waals surface area contributed by atoms with Crippen LogP contribution in [-0.4, -0.2) is 0 Å². The molecule has 2 radical (unpaired) electrons. The first kappa shape index (κ1) is 12.1. The minimum atomic E-state index is 0.956. The topological polar surface area (TPSA) is 0 Å². The molecular formula is C14H26. The molecule has 1 rings (SSSR count). The second kappa shape index (κ2) is 8.32. The molecule has 1 aliphatic carbocycles. The van der Waals surface area contributed by atoms with Gasteiger partial charge in [0.1, 0.15) is 0 Å². The lowest BCUT2D eigenvalue weighted by atomic mass is 9.93. The van der Waals surface area contributed by atoms with Crippen LogP contribution in [0.3, 0.4) is 0 Å². The van der Waals surface area contributed by atoms with Crippen molar-refractivity contribution in [2.24, 2.45) is 5.92 Å². The summed E-state index contributed by atoms with van der Waals surface area (Å²) < 4.78 is 0. The third-order valence-corrected chi connectivity index (χ3v) is 3.35. The summed E-state index contributed by atoms with van der Waals surface area (Å²) in [6, 6.07) is 0. The van der Waals surface area contributed by atoms with Gasteiger partial charge < -0.3 is 0 Å². The third kappa shape index (κ3) is 5.67. The van der Waals surface area contributed by atoms with Crippen LogP contribution in [0.4, 0.5) is 0 Å². The van der Waals surface area contributed by atoms with Crippen molar-refractivity contribution in [1.29, 1.82) is 0 Å². The summed E-state index contributed by atoms with van der Waals surface area (Å²) in [6.45, 7) is 3.88. The van der Waals surface area contributed by atoms with E-state index in [1.54, 1.807) is 0 Å². The number of hydrogen-bond donors (Lipinski definition) is 0. The van der Waals surface area contributed by atoms with Crippen molar-refractivity contribution in [2.45, 2.75) is 70.6 Å². The first-order chi connectivity index (χ1) is 6.93. The van der Waals surface area contributed by atoms with Gasteiger partial charge in [-0.15, -0.1) is 0 Å². The van der Waals surface area contributed by atoms with Crippen molar-refractivity contribution in [3.63, 3.8) is 0 Å². The zero-order chi connectivity index (χ0) is 10.1. The normalized spacial score (nSPS) is 19.5. The average molecular weight is 194 g/mol. The molecule has 1 unspecified atom stereocenters. The second-order valence-electron chi connectivity index (χ2n) is 4.69. The standard InChI is InChI=1S/C14H26/c1-2-3-4-5-8-11-14-12-9-6-7-10-13-14/h12,14H,1-11,13H2. The molecule has 0 heteroatoms. The van der Waals surface area contributed by atoms with Crippen LogP contribution in [0.25, 0.3) is 0 Å². The second-order valence-corrected chi connectivity index (χ2v) is 4.69. The van der Waals surface area contributed by atoms with E-state index in [0.717, 1.165) is 12.3 Å². The highest BCUT2D eigenvalue weighted by molar-refractivity contribution is 4.79. The molecule has 1 aliphatic rings. The summed E-state index contributed by atoms with van der Waals surface area (Å²) in [5.74, 6) is 0.956. The highest BCUT2D eigenvalue weighted by Crippen LogP contribution is 2.26. The fourth-order valence-corrected chi connectivity index (χ4v) is 2.40. The van der Waals surface area contributed by atoms with E-state index in [1.807, 2.05) is 0 Å². The predicted octanol–water partition coefficient (Wildman–Crippen LogP) is 4.95. The lowest BCUT2D eigenvalue weighted by Crippen LogP contribution is -1.99. The lowest BCUT2D eigenvalue weighted by Gasteiger charge is -2.12. The first-order valence-corrected chi connectivity index (χ1v) is 6.56. The molecule has 0 N–H and O–H groups in total. The Hall–Kier alpha value is 0. The maximum absolute atomic E-state index is 3.88. The van der Waals surface area contributed by atoms with Crippen LogP contribution in [-0.2, 0) is 0 Å². The van der Waals surface area contributed by atoms with E-state index in [0.29, 0.717) is 0 Å². The fraction of sp³-hybridized carbons (Fsp3) is 0.857. The van der Waals surface area contributed by atoms with E-state index in [2.05, 4.69) is 13.3 Å². The Morgan fingerprint density at radius 1 is 1.00 bits per heavy atom. The van der Waals surface area contributed by atoms with Crippen molar-refractivity contribution in [1.82, 2.24) is 0 Å². The van der Waals surface area contributed by atoms with Crippen LogP contribution < -0.4 is 0 Å². The molecule has 0 bridgehead atoms. The van der Waals surface area contributed by atoms with Gasteiger partial charge in [0.25, 0.3) is 0 Å². The van der Waals surface area contributed by atoms with Crippen molar-refractivity contribution in [3.8, 4) is 0 Å². The Morgan fingerprint density at radius 3 is 2.71 bits per heavy atom. The number of unbranched alkanes of at least 4 members (excludes halogenated alkanes) is 4. The summed E-state index contributed by atoms with van der Waals surface area (Å²) in [7, 11) is 0. The van der Waals surface area contributed by atoms with Gasteiger partial charge in [0.2, 0.25) is 0 Å². The van der Waals surface area contributed by atoms with Crippen LogP contribution >= 0.6 is 0 Å². The quantitative estimate of drug-likeness (QED) is 0.415. The summed E-state index contributed by atoms with van der Waals surface area (Å²) in [6.07, 6.45) is 18.0. The van der Waals surface area contributed by atoms with Crippen LogP contribution in [0.5, 0.6) is 0 Å². The van der Waals surface area contributed by atoms with Gasteiger partial charge >= 0.3 is 0 Å². The molecular weight excluding hydrogens is 168 g/mol. The maximum Gasteiger partial charge on any atom is -0.0355 e. The average Bonchev–Trinajstić information content (AvgIpc) is 2.46. The Kier molecular flexibility index (Phi) is 7.17. The van der Waals surface area contributed by atoms with Gasteiger partial charge in [-0.3, -0.25) is 0 Å². The predicted molar refractivity (Wildman–Crippen MR) is 63.9 cm³/mol. The van der Waals surface area contributed by atoms with E-state index in [4.69, 9.17) is 0 Å². The Morgan fingerprint density at radius 2 is 1.86 bits per heavy atom. The largest absolute Gasteiger partial charge is 0.0533 e. The summed E-state index contributed by atoms with van der Waals surface area (Å²) in [4.78, 5) is 0. The zero-order valence-corrected chi connectivity index (χ0v) is 9.64. The molecule has 0 aliphatic heterocycles. The van der Waals surface area contributed by atoms with Gasteiger partial charge in [0.05, 0.1) is 0 Å². The van der Waals surface area contributed by atoms with E-state index in [-0.39, 0.29) is 0 Å². The Balaban J connectivity index is 1.93. The third-order valence-electron chi connectivity index (χ3n) is 3.35. The Labute approximate surface area is 90.5 Å². The van der Waals surface area contributed by atoms with Gasteiger partial charge in [0.15, 0.2) is 0 Å². The highest BCUT2D eigenvalue weighted by Gasteiger charge is 2.11. The molecule has 1 fully saturated rings. The smallest absolute Gasteiger partial charge is 0.0355 e. The van der Waals surface area contributed by atoms with Gasteiger partial charge in [-0.1, -0.05) is 71.1 Å². The van der Waals surface area contributed by atoms with Crippen LogP contribution in [0, 0.1) is 19.3 Å². The molecule has 1 saturated carbocycles. The molecule has 0 aromatic rings. The summed E-state index contributed by atoms with van der Waals surface area (Å²) >= 11 is 0. The van der Waals surface area contributed by atoms with E-state index < -0.39 is 0 Å². The van der Waals surface area contributed by atoms with Crippen molar-refractivity contribution < 1.29 is 0 Å². The molecule has 0 aromatic carbocycles. The van der Waals surface area contributed by atoms with E-state index in [9.17, 15) is 0 Å².